The van der Waals surface area contributed by atoms with Crippen LogP contribution >= 0.6 is 7.82 Å². The number of phosphoric ester groups is 1. The molecule has 618 valence electrons. The van der Waals surface area contributed by atoms with Gasteiger partial charge in [-0.25, -0.2) is 0 Å². The van der Waals surface area contributed by atoms with Crippen LogP contribution in [0.2, 0.25) is 0 Å². The third kappa shape index (κ3) is 89.8. The molecule has 0 N–H and O–H groups in total. The lowest BCUT2D eigenvalue weighted by molar-refractivity contribution is -0.870. The van der Waals surface area contributed by atoms with Crippen molar-refractivity contribution >= 4 is 19.8 Å². The third-order valence-corrected chi connectivity index (χ3v) is 21.6. The quantitative estimate of drug-likeness (QED) is 0.0195. The Bertz CT molecular complexity index is 2120. The van der Waals surface area contributed by atoms with E-state index < -0.39 is 26.5 Å². The number of nitrogens with zero attached hydrogens (tertiary/aromatic N) is 1. The number of rotatable bonds is 86. The highest BCUT2D eigenvalue weighted by Gasteiger charge is 2.22. The van der Waals surface area contributed by atoms with E-state index in [1.165, 1.54) is 327 Å². The first-order chi connectivity index (χ1) is 52.0. The van der Waals surface area contributed by atoms with Crippen molar-refractivity contribution in [2.24, 2.45) is 0 Å². The van der Waals surface area contributed by atoms with Crippen LogP contribution in [0.25, 0.3) is 0 Å². The van der Waals surface area contributed by atoms with Gasteiger partial charge >= 0.3 is 11.9 Å². The summed E-state index contributed by atoms with van der Waals surface area (Å²) in [5.74, 6) is -0.813. The first-order valence-corrected chi connectivity index (χ1v) is 47.4. The molecule has 0 aromatic heterocycles. The van der Waals surface area contributed by atoms with Gasteiger partial charge in [0, 0.05) is 12.8 Å². The fraction of sp³-hybridized carbons (Fsp3) is 0.812. The van der Waals surface area contributed by atoms with Crippen LogP contribution in [0, 0.1) is 0 Å². The van der Waals surface area contributed by atoms with Crippen molar-refractivity contribution in [2.45, 2.75) is 457 Å². The minimum atomic E-state index is -4.65. The van der Waals surface area contributed by atoms with E-state index in [1.807, 2.05) is 21.1 Å². The lowest BCUT2D eigenvalue weighted by Gasteiger charge is -2.28. The molecule has 0 aliphatic heterocycles. The molecular weight excluding hydrogens is 1330 g/mol. The molecule has 0 radical (unpaired) electrons. The molecule has 0 heterocycles. The number of esters is 2. The summed E-state index contributed by atoms with van der Waals surface area (Å²) in [6.07, 6.45) is 122. The smallest absolute Gasteiger partial charge is 0.306 e. The first-order valence-electron chi connectivity index (χ1n) is 45.9. The van der Waals surface area contributed by atoms with Crippen LogP contribution in [0.1, 0.15) is 450 Å². The molecule has 0 aromatic rings. The molecule has 0 spiro atoms. The second-order valence-electron chi connectivity index (χ2n) is 32.3. The molecule has 0 aromatic carbocycles. The van der Waals surface area contributed by atoms with Crippen LogP contribution in [0.15, 0.2) is 97.2 Å². The standard InChI is InChI=1S/C96H176NO8P/c1-6-8-10-12-14-16-18-20-22-24-26-28-30-32-34-36-38-40-42-44-46-48-50-52-54-56-58-60-62-64-66-68-70-72-74-76-78-80-82-84-86-88-95(98)102-92-94(93-104-106(100,101)103-91-90-97(3,4)5)105-96(99)89-87-85-83-81-79-77-75-73-71-69-67-65-63-61-59-57-55-53-51-49-47-45-43-41-39-37-35-33-31-29-27-25-23-21-19-17-15-13-11-9-7-2/h9,11,15,17,21,23,27,29,33,35,39,41,45,47,51,53,94H,6-8,10,12-14,16,18-20,22,24-26,28,30-32,34,36-38,40,42-44,46,48-50,52,54-93H2,1-5H3/b11-9-,17-15-,23-21-,29-27-,35-33-,41-39-,47-45-,53-51-. The predicted molar refractivity (Wildman–Crippen MR) is 462 cm³/mol. The minimum Gasteiger partial charge on any atom is -0.756 e. The van der Waals surface area contributed by atoms with Gasteiger partial charge in [-0.05, 0) is 77.0 Å². The first kappa shape index (κ1) is 103. The fourth-order valence-electron chi connectivity index (χ4n) is 13.7. The summed E-state index contributed by atoms with van der Waals surface area (Å²) >= 11 is 0. The van der Waals surface area contributed by atoms with Gasteiger partial charge in [-0.1, -0.05) is 458 Å². The summed E-state index contributed by atoms with van der Waals surface area (Å²) in [6, 6.07) is 0. The van der Waals surface area contributed by atoms with E-state index >= 15 is 0 Å². The monoisotopic (exact) mass is 1500 g/mol. The topological polar surface area (TPSA) is 111 Å². The molecule has 2 atom stereocenters. The lowest BCUT2D eigenvalue weighted by Crippen LogP contribution is -2.37. The molecule has 0 saturated heterocycles. The molecule has 0 aliphatic carbocycles. The van der Waals surface area contributed by atoms with Gasteiger partial charge in [0.05, 0.1) is 27.7 Å². The van der Waals surface area contributed by atoms with Gasteiger partial charge in [0.1, 0.15) is 19.8 Å². The zero-order valence-corrected chi connectivity index (χ0v) is 71.8. The summed E-state index contributed by atoms with van der Waals surface area (Å²) in [5, 5.41) is 0. The Morgan fingerprint density at radius 3 is 0.802 bits per heavy atom. The predicted octanol–water partition coefficient (Wildman–Crippen LogP) is 30.7. The van der Waals surface area contributed by atoms with E-state index in [0.717, 1.165) is 89.9 Å². The molecule has 0 bridgehead atoms. The van der Waals surface area contributed by atoms with E-state index in [9.17, 15) is 19.0 Å². The highest BCUT2D eigenvalue weighted by atomic mass is 31.2. The molecule has 0 amide bonds. The molecule has 10 heteroatoms. The molecule has 106 heavy (non-hydrogen) atoms. The highest BCUT2D eigenvalue weighted by molar-refractivity contribution is 7.45. The van der Waals surface area contributed by atoms with Gasteiger partial charge in [-0.2, -0.15) is 0 Å². The number of ether oxygens (including phenoxy) is 2. The van der Waals surface area contributed by atoms with Gasteiger partial charge in [0.15, 0.2) is 6.10 Å². The summed E-state index contributed by atoms with van der Waals surface area (Å²) in [5.41, 5.74) is 0. The number of phosphoric acid groups is 1. The van der Waals surface area contributed by atoms with Crippen LogP contribution in [0.3, 0.4) is 0 Å². The Hall–Kier alpha value is -3.07. The summed E-state index contributed by atoms with van der Waals surface area (Å²) in [4.78, 5) is 38.3. The lowest BCUT2D eigenvalue weighted by atomic mass is 10.0. The number of quaternary nitrogens is 1. The van der Waals surface area contributed by atoms with E-state index in [-0.39, 0.29) is 32.0 Å². The SMILES string of the molecule is CC/C=C\C/C=C\C/C=C\C/C=C\C/C=C\C/C=C\C/C=C\C/C=C\CCCCCCCCCCCCCCCCCCC(=O)OC(COC(=O)CCCCCCCCCCCCCCCCCCCCCCCCCCCCCCCCCCCCCCCCCCC)COP(=O)([O-])OCC[N+](C)(C)C. The van der Waals surface area contributed by atoms with Gasteiger partial charge in [-0.15, -0.1) is 0 Å². The van der Waals surface area contributed by atoms with Crippen molar-refractivity contribution in [3.05, 3.63) is 97.2 Å². The molecule has 0 fully saturated rings. The Kier molecular flexibility index (Phi) is 83.4. The van der Waals surface area contributed by atoms with E-state index in [4.69, 9.17) is 18.5 Å². The molecule has 9 nitrogen and oxygen atoms in total. The van der Waals surface area contributed by atoms with Crippen LogP contribution in [-0.2, 0) is 32.7 Å². The maximum Gasteiger partial charge on any atom is 0.306 e. The minimum absolute atomic E-state index is 0.0306. The Balaban J connectivity index is 3.87. The van der Waals surface area contributed by atoms with Gasteiger partial charge in [0.2, 0.25) is 0 Å². The van der Waals surface area contributed by atoms with Crippen molar-refractivity contribution in [1.82, 2.24) is 0 Å². The van der Waals surface area contributed by atoms with Crippen molar-refractivity contribution < 1.29 is 42.1 Å². The molecule has 0 aliphatic rings. The van der Waals surface area contributed by atoms with Crippen LogP contribution in [0.4, 0.5) is 0 Å². The van der Waals surface area contributed by atoms with Crippen molar-refractivity contribution in [1.29, 1.82) is 0 Å². The summed E-state index contributed by atoms with van der Waals surface area (Å²) in [6.45, 7) is 4.20. The van der Waals surface area contributed by atoms with E-state index in [2.05, 4.69) is 111 Å². The molecule has 2 unspecified atom stereocenters. The van der Waals surface area contributed by atoms with Gasteiger partial charge in [0.25, 0.3) is 7.82 Å². The highest BCUT2D eigenvalue weighted by Crippen LogP contribution is 2.38. The fourth-order valence-corrected chi connectivity index (χ4v) is 14.4. The average Bonchev–Trinajstić information content (AvgIpc) is 0.908. The largest absolute Gasteiger partial charge is 0.756 e. The number of carbonyl (C=O) groups excluding carboxylic acids is 2. The second kappa shape index (κ2) is 85.9. The number of carbonyl (C=O) groups is 2. The van der Waals surface area contributed by atoms with Crippen LogP contribution in [-0.4, -0.2) is 70.0 Å². The van der Waals surface area contributed by atoms with Crippen LogP contribution < -0.4 is 4.89 Å². The third-order valence-electron chi connectivity index (χ3n) is 20.6. The van der Waals surface area contributed by atoms with E-state index in [1.54, 1.807) is 0 Å². The van der Waals surface area contributed by atoms with Crippen molar-refractivity contribution in [2.75, 3.05) is 47.5 Å². The number of hydrogen-bond acceptors (Lipinski definition) is 8. The second-order valence-corrected chi connectivity index (χ2v) is 33.7. The van der Waals surface area contributed by atoms with Crippen molar-refractivity contribution in [3.63, 3.8) is 0 Å². The molecule has 0 rings (SSSR count). The summed E-state index contributed by atoms with van der Waals surface area (Å²) < 4.78 is 34.5. The van der Waals surface area contributed by atoms with Crippen molar-refractivity contribution in [3.8, 4) is 0 Å². The number of likely N-dealkylation sites (N-methyl/N-ethyl adjacent to an activating group) is 1. The normalized spacial score (nSPS) is 13.4. The Labute approximate surface area is 659 Å². The van der Waals surface area contributed by atoms with E-state index in [0.29, 0.717) is 17.4 Å². The number of unbranched alkanes of at least 4 members (excludes halogenated alkanes) is 56. The summed E-state index contributed by atoms with van der Waals surface area (Å²) in [7, 11) is 1.18. The zero-order valence-electron chi connectivity index (χ0n) is 70.9. The maximum atomic E-state index is 12.9. The Morgan fingerprint density at radius 2 is 0.538 bits per heavy atom. The molecular formula is C96H176NO8P. The average molecular weight is 1500 g/mol. The van der Waals surface area contributed by atoms with Gasteiger partial charge in [-0.3, -0.25) is 14.2 Å². The zero-order chi connectivity index (χ0) is 76.8. The van der Waals surface area contributed by atoms with Gasteiger partial charge < -0.3 is 27.9 Å². The van der Waals surface area contributed by atoms with Crippen LogP contribution in [0.5, 0.6) is 0 Å². The Morgan fingerprint density at radius 1 is 0.302 bits per heavy atom. The number of allylic oxidation sites excluding steroid dienone is 16. The number of hydrogen-bond donors (Lipinski definition) is 0. The molecule has 0 saturated carbocycles. The maximum absolute atomic E-state index is 12.9.